The van der Waals surface area contributed by atoms with Gasteiger partial charge in [0.2, 0.25) is 5.89 Å². The molecule has 0 radical (unpaired) electrons. The van der Waals surface area contributed by atoms with Crippen LogP contribution in [0.1, 0.15) is 18.6 Å². The van der Waals surface area contributed by atoms with E-state index in [-0.39, 0.29) is 22.7 Å². The molecule has 2 heterocycles. The van der Waals surface area contributed by atoms with E-state index in [0.717, 1.165) is 6.07 Å². The van der Waals surface area contributed by atoms with E-state index in [0.29, 0.717) is 28.1 Å². The second-order valence-corrected chi connectivity index (χ2v) is 8.87. The van der Waals surface area contributed by atoms with E-state index in [1.807, 2.05) is 6.92 Å². The molecule has 0 amide bonds. The average molecular weight is 497 g/mol. The highest BCUT2D eigenvalue weighted by Crippen LogP contribution is 2.24. The second kappa shape index (κ2) is 7.69. The molecule has 9 nitrogen and oxygen atoms in total. The van der Waals surface area contributed by atoms with Gasteiger partial charge < -0.3 is 8.94 Å². The van der Waals surface area contributed by atoms with Crippen LogP contribution in [0.5, 0.6) is 0 Å². The summed E-state index contributed by atoms with van der Waals surface area (Å²) in [4.78, 5) is 16.2. The van der Waals surface area contributed by atoms with Gasteiger partial charge in [-0.1, -0.05) is 28.0 Å². The van der Waals surface area contributed by atoms with E-state index in [1.165, 1.54) is 34.9 Å². The highest BCUT2D eigenvalue weighted by atomic mass is 79.9. The van der Waals surface area contributed by atoms with Crippen molar-refractivity contribution in [2.45, 2.75) is 24.8 Å². The Hall–Kier alpha value is -2.99. The van der Waals surface area contributed by atoms with E-state index in [1.54, 1.807) is 0 Å². The zero-order valence-corrected chi connectivity index (χ0v) is 17.8. The number of rotatable bonds is 6. The molecule has 0 aliphatic rings. The van der Waals surface area contributed by atoms with Crippen molar-refractivity contribution in [3.63, 3.8) is 0 Å². The zero-order valence-electron chi connectivity index (χ0n) is 15.4. The van der Waals surface area contributed by atoms with Crippen molar-refractivity contribution in [1.82, 2.24) is 14.7 Å². The highest BCUT2D eigenvalue weighted by molar-refractivity contribution is 9.10. The normalized spacial score (nSPS) is 11.8. The molecule has 2 aromatic carbocycles. The molecular formula is C18H14BrFN4O5S. The van der Waals surface area contributed by atoms with Crippen molar-refractivity contribution >= 4 is 42.7 Å². The van der Waals surface area contributed by atoms with Crippen LogP contribution < -0.4 is 10.5 Å². The third-order valence-electron chi connectivity index (χ3n) is 4.24. The van der Waals surface area contributed by atoms with Gasteiger partial charge in [-0.2, -0.15) is 4.98 Å². The lowest BCUT2D eigenvalue weighted by atomic mass is 10.3. The minimum Gasteiger partial charge on any atom is -0.408 e. The van der Waals surface area contributed by atoms with Gasteiger partial charge in [-0.05, 0) is 30.3 Å². The number of halogens is 2. The fourth-order valence-corrected chi connectivity index (χ4v) is 4.19. The van der Waals surface area contributed by atoms with Crippen LogP contribution in [0.3, 0.4) is 0 Å². The maximum absolute atomic E-state index is 14.0. The Bertz CT molecular complexity index is 1410. The van der Waals surface area contributed by atoms with Crippen LogP contribution in [0.2, 0.25) is 0 Å². The van der Waals surface area contributed by atoms with E-state index >= 15 is 0 Å². The van der Waals surface area contributed by atoms with E-state index in [2.05, 4.69) is 30.8 Å². The number of aryl methyl sites for hydroxylation is 1. The quantitative estimate of drug-likeness (QED) is 0.434. The molecule has 12 heteroatoms. The van der Waals surface area contributed by atoms with Crippen molar-refractivity contribution in [1.29, 1.82) is 0 Å². The molecule has 0 atom stereocenters. The van der Waals surface area contributed by atoms with Crippen molar-refractivity contribution in [3.05, 3.63) is 69.0 Å². The van der Waals surface area contributed by atoms with Crippen molar-refractivity contribution < 1.29 is 21.7 Å². The third kappa shape index (κ3) is 3.87. The first-order chi connectivity index (χ1) is 14.3. The first-order valence-electron chi connectivity index (χ1n) is 8.69. The first kappa shape index (κ1) is 20.3. The Morgan fingerprint density at radius 2 is 2.03 bits per heavy atom. The average Bonchev–Trinajstić information content (AvgIpc) is 3.28. The molecule has 0 spiro atoms. The fraction of sp³-hybridized carbons (Fsp3) is 0.167. The van der Waals surface area contributed by atoms with Crippen LogP contribution in [0.4, 0.5) is 10.1 Å². The molecule has 4 aromatic rings. The van der Waals surface area contributed by atoms with Gasteiger partial charge in [0.05, 0.1) is 22.6 Å². The number of hydrogen-bond donors (Lipinski definition) is 1. The number of sulfonamides is 1. The summed E-state index contributed by atoms with van der Waals surface area (Å²) < 4.78 is 53.4. The Kier molecular flexibility index (Phi) is 5.20. The van der Waals surface area contributed by atoms with E-state index in [9.17, 15) is 17.6 Å². The van der Waals surface area contributed by atoms with Crippen LogP contribution >= 0.6 is 15.9 Å². The number of nitrogens with zero attached hydrogens (tertiary/aromatic N) is 3. The Morgan fingerprint density at radius 3 is 2.73 bits per heavy atom. The summed E-state index contributed by atoms with van der Waals surface area (Å²) in [7, 11) is -4.12. The smallest absolute Gasteiger partial charge is 0.408 e. The standard InChI is InChI=1S/C18H14BrFN4O5S/c1-2-17-21-16(22-29-17)9-24-14-6-4-11(8-15(14)28-18(24)25)30(26,27)23-13-5-3-10(19)7-12(13)20/h3-8,23H,2,9H2,1H3. The summed E-state index contributed by atoms with van der Waals surface area (Å²) in [6.07, 6.45) is 0.557. The summed E-state index contributed by atoms with van der Waals surface area (Å²) in [6.45, 7) is 1.86. The molecule has 4 rings (SSSR count). The van der Waals surface area contributed by atoms with Gasteiger partial charge in [0.1, 0.15) is 5.82 Å². The second-order valence-electron chi connectivity index (χ2n) is 6.27. The van der Waals surface area contributed by atoms with Crippen LogP contribution in [0.25, 0.3) is 11.1 Å². The molecule has 30 heavy (non-hydrogen) atoms. The van der Waals surface area contributed by atoms with Gasteiger partial charge in [-0.15, -0.1) is 0 Å². The number of oxazole rings is 1. The molecule has 0 aliphatic carbocycles. The molecule has 156 valence electrons. The lowest BCUT2D eigenvalue weighted by Crippen LogP contribution is -2.16. The van der Waals surface area contributed by atoms with Gasteiger partial charge in [0.15, 0.2) is 11.4 Å². The predicted octanol–water partition coefficient (Wildman–Crippen LogP) is 3.29. The summed E-state index contributed by atoms with van der Waals surface area (Å²) >= 11 is 3.11. The molecule has 0 bridgehead atoms. The number of anilines is 1. The number of aromatic nitrogens is 3. The minimum atomic E-state index is -4.12. The van der Waals surface area contributed by atoms with Gasteiger partial charge >= 0.3 is 5.76 Å². The molecule has 0 unspecified atom stereocenters. The number of benzene rings is 2. The maximum atomic E-state index is 14.0. The molecular weight excluding hydrogens is 483 g/mol. The lowest BCUT2D eigenvalue weighted by molar-refractivity contribution is 0.375. The molecule has 0 aliphatic heterocycles. The highest BCUT2D eigenvalue weighted by Gasteiger charge is 2.20. The molecule has 0 fully saturated rings. The monoisotopic (exact) mass is 496 g/mol. The van der Waals surface area contributed by atoms with E-state index < -0.39 is 21.6 Å². The summed E-state index contributed by atoms with van der Waals surface area (Å²) in [5.41, 5.74) is 0.205. The van der Waals surface area contributed by atoms with Crippen LogP contribution in [-0.4, -0.2) is 23.1 Å². The molecule has 2 aromatic heterocycles. The largest absolute Gasteiger partial charge is 0.420 e. The van der Waals surface area contributed by atoms with Crippen molar-refractivity contribution in [2.75, 3.05) is 4.72 Å². The van der Waals surface area contributed by atoms with Crippen LogP contribution in [0, 0.1) is 5.82 Å². The molecule has 0 saturated heterocycles. The summed E-state index contributed by atoms with van der Waals surface area (Å²) in [5, 5.41) is 3.80. The van der Waals surface area contributed by atoms with Gasteiger partial charge in [-0.25, -0.2) is 17.6 Å². The van der Waals surface area contributed by atoms with Gasteiger partial charge in [0.25, 0.3) is 10.0 Å². The Morgan fingerprint density at radius 1 is 1.23 bits per heavy atom. The zero-order chi connectivity index (χ0) is 21.5. The fourth-order valence-electron chi connectivity index (χ4n) is 2.78. The number of fused-ring (bicyclic) bond motifs is 1. The topological polar surface area (TPSA) is 120 Å². The Labute approximate surface area is 177 Å². The van der Waals surface area contributed by atoms with Crippen LogP contribution in [-0.2, 0) is 23.0 Å². The third-order valence-corrected chi connectivity index (χ3v) is 6.09. The SMILES string of the molecule is CCc1nc(Cn2c(=O)oc3cc(S(=O)(=O)Nc4ccc(Br)cc4F)ccc32)no1. The summed E-state index contributed by atoms with van der Waals surface area (Å²) in [6, 6.07) is 7.85. The van der Waals surface area contributed by atoms with Crippen molar-refractivity contribution in [3.8, 4) is 0 Å². The maximum Gasteiger partial charge on any atom is 0.420 e. The first-order valence-corrected chi connectivity index (χ1v) is 11.0. The van der Waals surface area contributed by atoms with E-state index in [4.69, 9.17) is 8.94 Å². The summed E-state index contributed by atoms with van der Waals surface area (Å²) in [5.74, 6) is -0.709. The van der Waals surface area contributed by atoms with Gasteiger partial charge in [-0.3, -0.25) is 9.29 Å². The molecule has 1 N–H and O–H groups in total. The Balaban J connectivity index is 1.67. The lowest BCUT2D eigenvalue weighted by Gasteiger charge is -2.09. The number of nitrogens with one attached hydrogen (secondary N) is 1. The van der Waals surface area contributed by atoms with Crippen LogP contribution in [0.15, 0.2) is 59.5 Å². The minimum absolute atomic E-state index is 0.00375. The van der Waals surface area contributed by atoms with Gasteiger partial charge in [0, 0.05) is 17.0 Å². The van der Waals surface area contributed by atoms with Crippen molar-refractivity contribution in [2.24, 2.45) is 0 Å². The molecule has 0 saturated carbocycles. The number of hydrogen-bond acceptors (Lipinski definition) is 7. The predicted molar refractivity (Wildman–Crippen MR) is 108 cm³/mol.